The lowest BCUT2D eigenvalue weighted by Gasteiger charge is -2.34. The second kappa shape index (κ2) is 11.4. The lowest BCUT2D eigenvalue weighted by Crippen LogP contribution is -2.42. The zero-order valence-electron chi connectivity index (χ0n) is 22.0. The van der Waals surface area contributed by atoms with Crippen LogP contribution in [0.4, 0.5) is 0 Å². The van der Waals surface area contributed by atoms with Gasteiger partial charge in [-0.1, -0.05) is 43.2 Å². The van der Waals surface area contributed by atoms with Crippen LogP contribution in [-0.2, 0) is 21.1 Å². The molecule has 0 unspecified atom stereocenters. The van der Waals surface area contributed by atoms with E-state index in [1.165, 1.54) is 26.2 Å². The number of carbonyl (C=O) groups excluding carboxylic acids is 2. The van der Waals surface area contributed by atoms with Crippen molar-refractivity contribution in [1.82, 2.24) is 0 Å². The molecule has 0 fully saturated rings. The second-order valence-electron chi connectivity index (χ2n) is 9.45. The summed E-state index contributed by atoms with van der Waals surface area (Å²) in [5, 5.41) is -1.58. The number of ether oxygens (including phenoxy) is 3. The predicted octanol–water partition coefficient (Wildman–Crippen LogP) is 5.47. The largest absolute Gasteiger partial charge is 0.497 e. The van der Waals surface area contributed by atoms with Crippen LogP contribution < -0.4 is 14.2 Å². The van der Waals surface area contributed by atoms with Gasteiger partial charge in [0.2, 0.25) is 0 Å². The Morgan fingerprint density at radius 1 is 1.05 bits per heavy atom. The summed E-state index contributed by atoms with van der Waals surface area (Å²) in [6.45, 7) is 5.75. The Hall–Kier alpha value is -3.65. The van der Waals surface area contributed by atoms with Crippen molar-refractivity contribution >= 4 is 21.4 Å². The number of methoxy groups -OCH3 is 1. The number of aryl methyl sites for hydroxylation is 1. The van der Waals surface area contributed by atoms with Gasteiger partial charge in [0, 0.05) is 23.6 Å². The van der Waals surface area contributed by atoms with E-state index in [1.54, 1.807) is 48.5 Å². The minimum Gasteiger partial charge on any atom is -0.497 e. The molecule has 38 heavy (non-hydrogen) atoms. The molecular weight excluding hydrogens is 504 g/mol. The highest BCUT2D eigenvalue weighted by Gasteiger charge is 2.48. The Bertz CT molecular complexity index is 1440. The molecule has 0 spiro atoms. The third-order valence-electron chi connectivity index (χ3n) is 6.56. The maximum Gasteiger partial charge on any atom is 0.192 e. The van der Waals surface area contributed by atoms with Gasteiger partial charge >= 0.3 is 0 Å². The van der Waals surface area contributed by atoms with Gasteiger partial charge in [-0.3, -0.25) is 9.59 Å². The summed E-state index contributed by atoms with van der Waals surface area (Å²) in [5.74, 6) is 0.382. The summed E-state index contributed by atoms with van der Waals surface area (Å²) in [7, 11) is -2.72. The van der Waals surface area contributed by atoms with Crippen molar-refractivity contribution < 1.29 is 32.2 Å². The summed E-state index contributed by atoms with van der Waals surface area (Å²) >= 11 is 0. The zero-order valence-corrected chi connectivity index (χ0v) is 22.8. The van der Waals surface area contributed by atoms with E-state index in [0.29, 0.717) is 29.2 Å². The number of sulfone groups is 1. The molecule has 3 aromatic carbocycles. The Balaban J connectivity index is 1.96. The first kappa shape index (κ1) is 27.4. The van der Waals surface area contributed by atoms with Gasteiger partial charge in [0.15, 0.2) is 20.9 Å². The van der Waals surface area contributed by atoms with Gasteiger partial charge < -0.3 is 14.2 Å². The van der Waals surface area contributed by atoms with Crippen LogP contribution in [-0.4, -0.2) is 39.0 Å². The number of fused-ring (bicyclic) bond motifs is 1. The number of para-hydroxylation sites is 1. The Morgan fingerprint density at radius 2 is 1.76 bits per heavy atom. The fourth-order valence-corrected chi connectivity index (χ4v) is 6.32. The molecular formula is C30H32O7S. The van der Waals surface area contributed by atoms with Crippen molar-refractivity contribution in [2.24, 2.45) is 0 Å². The van der Waals surface area contributed by atoms with Gasteiger partial charge in [-0.2, -0.15) is 0 Å². The number of carbonyl (C=O) groups is 2. The summed E-state index contributed by atoms with van der Waals surface area (Å²) in [6.07, 6.45) is 0.449. The molecule has 0 saturated heterocycles. The molecule has 200 valence electrons. The molecule has 0 aromatic heterocycles. The second-order valence-corrected chi connectivity index (χ2v) is 11.5. The van der Waals surface area contributed by atoms with Crippen LogP contribution >= 0.6 is 0 Å². The summed E-state index contributed by atoms with van der Waals surface area (Å²) < 4.78 is 46.0. The smallest absolute Gasteiger partial charge is 0.192 e. The highest BCUT2D eigenvalue weighted by molar-refractivity contribution is 7.93. The van der Waals surface area contributed by atoms with Crippen LogP contribution in [0.5, 0.6) is 17.2 Å². The third-order valence-corrected chi connectivity index (χ3v) is 8.62. The number of ketones is 2. The molecule has 2 atom stereocenters. The molecule has 4 rings (SSSR count). The molecule has 1 aliphatic heterocycles. The lowest BCUT2D eigenvalue weighted by atomic mass is 9.90. The molecule has 1 aliphatic rings. The minimum atomic E-state index is -4.21. The number of hydrogen-bond donors (Lipinski definition) is 0. The van der Waals surface area contributed by atoms with E-state index in [-0.39, 0.29) is 28.4 Å². The van der Waals surface area contributed by atoms with Gasteiger partial charge in [-0.05, 0) is 50.6 Å². The van der Waals surface area contributed by atoms with E-state index >= 15 is 0 Å². The van der Waals surface area contributed by atoms with E-state index in [4.69, 9.17) is 14.2 Å². The van der Waals surface area contributed by atoms with Crippen molar-refractivity contribution in [1.29, 1.82) is 0 Å². The Morgan fingerprint density at radius 3 is 2.42 bits per heavy atom. The van der Waals surface area contributed by atoms with Crippen molar-refractivity contribution in [2.75, 3.05) is 13.7 Å². The number of hydrogen-bond acceptors (Lipinski definition) is 7. The van der Waals surface area contributed by atoms with Crippen LogP contribution in [0, 0.1) is 6.92 Å². The summed E-state index contributed by atoms with van der Waals surface area (Å²) in [5.41, 5.74) is 1.94. The third kappa shape index (κ3) is 5.45. The van der Waals surface area contributed by atoms with Gasteiger partial charge in [0.05, 0.1) is 24.2 Å². The maximum atomic E-state index is 14.1. The van der Waals surface area contributed by atoms with Crippen molar-refractivity contribution in [3.8, 4) is 17.2 Å². The molecule has 0 N–H and O–H groups in total. The average Bonchev–Trinajstić information content (AvgIpc) is 2.89. The highest BCUT2D eigenvalue weighted by atomic mass is 32.2. The first-order chi connectivity index (χ1) is 18.2. The lowest BCUT2D eigenvalue weighted by molar-refractivity contribution is -0.116. The van der Waals surface area contributed by atoms with Crippen molar-refractivity contribution in [3.63, 3.8) is 0 Å². The van der Waals surface area contributed by atoms with Crippen LogP contribution in [0.25, 0.3) is 0 Å². The minimum absolute atomic E-state index is 0.0184. The van der Waals surface area contributed by atoms with E-state index in [2.05, 4.69) is 0 Å². The maximum absolute atomic E-state index is 14.1. The molecule has 8 heteroatoms. The van der Waals surface area contributed by atoms with E-state index < -0.39 is 27.0 Å². The van der Waals surface area contributed by atoms with E-state index in [0.717, 1.165) is 18.4 Å². The SMILES string of the molecule is CCCCOc1cc(OC)cc([C@H]2Oc3ccccc3C(=O)[C@@H]2S(=O)(=O)c2ccc(C)cc2)c1CC(C)=O. The quantitative estimate of drug-likeness (QED) is 0.317. The van der Waals surface area contributed by atoms with Gasteiger partial charge in [0.25, 0.3) is 0 Å². The highest BCUT2D eigenvalue weighted by Crippen LogP contribution is 2.44. The number of benzene rings is 3. The van der Waals surface area contributed by atoms with Gasteiger partial charge in [-0.15, -0.1) is 0 Å². The number of unbranched alkanes of at least 4 members (excludes halogenated alkanes) is 1. The van der Waals surface area contributed by atoms with Crippen LogP contribution in [0.1, 0.15) is 59.8 Å². The molecule has 3 aromatic rings. The van der Waals surface area contributed by atoms with E-state index in [1.807, 2.05) is 13.8 Å². The molecule has 0 aliphatic carbocycles. The molecule has 7 nitrogen and oxygen atoms in total. The average molecular weight is 537 g/mol. The molecule has 0 bridgehead atoms. The first-order valence-electron chi connectivity index (χ1n) is 12.6. The summed E-state index contributed by atoms with van der Waals surface area (Å²) in [4.78, 5) is 26.3. The monoisotopic (exact) mass is 536 g/mol. The molecule has 0 radical (unpaired) electrons. The van der Waals surface area contributed by atoms with Crippen LogP contribution in [0.3, 0.4) is 0 Å². The van der Waals surface area contributed by atoms with Gasteiger partial charge in [0.1, 0.15) is 29.1 Å². The number of rotatable bonds is 10. The molecule has 0 saturated carbocycles. The summed E-state index contributed by atoms with van der Waals surface area (Å²) in [6, 6.07) is 16.3. The Kier molecular flexibility index (Phi) is 8.21. The molecule has 1 heterocycles. The van der Waals surface area contributed by atoms with Crippen LogP contribution in [0.15, 0.2) is 65.6 Å². The van der Waals surface area contributed by atoms with E-state index in [9.17, 15) is 18.0 Å². The Labute approximate surface area is 223 Å². The first-order valence-corrected chi connectivity index (χ1v) is 14.2. The predicted molar refractivity (Wildman–Crippen MR) is 144 cm³/mol. The number of Topliss-reactive ketones (excluding diaryl/α,β-unsaturated/α-hetero) is 2. The standard InChI is InChI=1S/C30H32O7S/c1-5-6-15-36-27-18-21(35-4)17-25(24(27)16-20(3)31)29-30(28(32)23-9-7-8-10-26(23)37-29)38(33,34)22-13-11-19(2)12-14-22/h7-14,17-18,29-30H,5-6,15-16H2,1-4H3/t29-,30+/m1/s1. The van der Waals surface area contributed by atoms with Crippen LogP contribution in [0.2, 0.25) is 0 Å². The van der Waals surface area contributed by atoms with Gasteiger partial charge in [-0.25, -0.2) is 8.42 Å². The zero-order chi connectivity index (χ0) is 27.4. The fraction of sp³-hybridized carbons (Fsp3) is 0.333. The van der Waals surface area contributed by atoms with Crippen molar-refractivity contribution in [3.05, 3.63) is 82.9 Å². The molecule has 0 amide bonds. The fourth-order valence-electron chi connectivity index (χ4n) is 4.57. The van der Waals surface area contributed by atoms with Crippen molar-refractivity contribution in [2.45, 2.75) is 56.3 Å². The normalized spacial score (nSPS) is 16.9. The topological polar surface area (TPSA) is 96.0 Å².